The highest BCUT2D eigenvalue weighted by atomic mass is 19.4. The van der Waals surface area contributed by atoms with E-state index >= 15 is 0 Å². The van der Waals surface area contributed by atoms with Crippen molar-refractivity contribution in [2.45, 2.75) is 12.7 Å². The van der Waals surface area contributed by atoms with Gasteiger partial charge in [-0.1, -0.05) is 12.1 Å². The van der Waals surface area contributed by atoms with Crippen LogP contribution in [-0.2, 0) is 17.5 Å². The molecule has 0 spiro atoms. The van der Waals surface area contributed by atoms with Crippen molar-refractivity contribution >= 4 is 11.6 Å². The van der Waals surface area contributed by atoms with E-state index in [1.165, 1.54) is 4.90 Å². The second-order valence-electron chi connectivity index (χ2n) is 6.36. The Morgan fingerprint density at radius 1 is 1.15 bits per heavy atom. The zero-order chi connectivity index (χ0) is 19.4. The van der Waals surface area contributed by atoms with Gasteiger partial charge in [0.2, 0.25) is 0 Å². The van der Waals surface area contributed by atoms with E-state index < -0.39 is 11.9 Å². The van der Waals surface area contributed by atoms with Crippen LogP contribution in [0, 0.1) is 0 Å². The number of carbonyl (C=O) groups is 1. The highest BCUT2D eigenvalue weighted by Gasteiger charge is 2.32. The minimum atomic E-state index is -4.52. The van der Waals surface area contributed by atoms with Crippen molar-refractivity contribution in [2.24, 2.45) is 0 Å². The van der Waals surface area contributed by atoms with Gasteiger partial charge in [0.25, 0.3) is 5.91 Å². The van der Waals surface area contributed by atoms with Crippen molar-refractivity contribution < 1.29 is 22.7 Å². The lowest BCUT2D eigenvalue weighted by atomic mass is 10.1. The van der Waals surface area contributed by atoms with E-state index in [9.17, 15) is 18.0 Å². The molecule has 0 radical (unpaired) electrons. The summed E-state index contributed by atoms with van der Waals surface area (Å²) in [6.07, 6.45) is -3.56. The molecule has 1 aliphatic rings. The van der Waals surface area contributed by atoms with Gasteiger partial charge in [-0.05, 0) is 29.8 Å². The van der Waals surface area contributed by atoms with Crippen LogP contribution in [0.25, 0.3) is 0 Å². The fourth-order valence-electron chi connectivity index (χ4n) is 2.89. The number of carbonyl (C=O) groups excluding carboxylic acids is 1. The number of hydrogen-bond donors (Lipinski definition) is 0. The van der Waals surface area contributed by atoms with E-state index in [0.29, 0.717) is 19.8 Å². The second kappa shape index (κ2) is 7.96. The molecule has 1 fully saturated rings. The van der Waals surface area contributed by atoms with Gasteiger partial charge in [0.15, 0.2) is 0 Å². The molecule has 5 nitrogen and oxygen atoms in total. The Kier molecular flexibility index (Phi) is 5.65. The summed E-state index contributed by atoms with van der Waals surface area (Å²) in [5, 5.41) is 0. The van der Waals surface area contributed by atoms with Crippen LogP contribution in [0.1, 0.15) is 21.6 Å². The van der Waals surface area contributed by atoms with Gasteiger partial charge in [-0.3, -0.25) is 9.78 Å². The van der Waals surface area contributed by atoms with E-state index in [4.69, 9.17) is 4.74 Å². The number of nitrogens with zero attached hydrogens (tertiary/aromatic N) is 3. The van der Waals surface area contributed by atoms with Gasteiger partial charge in [0, 0.05) is 38.6 Å². The first-order valence-corrected chi connectivity index (χ1v) is 8.55. The Bertz CT molecular complexity index is 770. The maximum Gasteiger partial charge on any atom is 0.433 e. The largest absolute Gasteiger partial charge is 0.433 e. The summed E-state index contributed by atoms with van der Waals surface area (Å²) in [6, 6.07) is 9.85. The van der Waals surface area contributed by atoms with Crippen LogP contribution in [0.2, 0.25) is 0 Å². The number of pyridine rings is 1. The average Bonchev–Trinajstić information content (AvgIpc) is 2.68. The molecular weight excluding hydrogens is 359 g/mol. The maximum atomic E-state index is 12.6. The summed E-state index contributed by atoms with van der Waals surface area (Å²) in [4.78, 5) is 19.4. The van der Waals surface area contributed by atoms with Crippen molar-refractivity contribution in [3.63, 3.8) is 0 Å². The number of ether oxygens (including phenoxy) is 1. The molecule has 144 valence electrons. The first-order chi connectivity index (χ1) is 12.8. The number of halogens is 3. The molecule has 0 atom stereocenters. The molecular formula is C19H20F3N3O2. The summed E-state index contributed by atoms with van der Waals surface area (Å²) < 4.78 is 43.0. The second-order valence-corrected chi connectivity index (χ2v) is 6.36. The van der Waals surface area contributed by atoms with Crippen molar-refractivity contribution in [3.8, 4) is 0 Å². The van der Waals surface area contributed by atoms with Gasteiger partial charge < -0.3 is 14.5 Å². The standard InChI is InChI=1S/C19H20F3N3O2/c1-24(18(26)15-4-7-17(23-12-15)19(20,21)22)13-14-2-5-16(6-3-14)25-8-10-27-11-9-25/h2-7,12H,8-11,13H2,1H3. The monoisotopic (exact) mass is 379 g/mol. The third-order valence-corrected chi connectivity index (χ3v) is 4.38. The molecule has 0 N–H and O–H groups in total. The van der Waals surface area contributed by atoms with Gasteiger partial charge in [0.1, 0.15) is 5.69 Å². The first-order valence-electron chi connectivity index (χ1n) is 8.55. The van der Waals surface area contributed by atoms with Crippen LogP contribution < -0.4 is 4.90 Å². The molecule has 0 saturated carbocycles. The Labute approximate surface area is 155 Å². The summed E-state index contributed by atoms with van der Waals surface area (Å²) in [5.74, 6) is -0.381. The quantitative estimate of drug-likeness (QED) is 0.819. The van der Waals surface area contributed by atoms with E-state index in [-0.39, 0.29) is 11.5 Å². The number of benzene rings is 1. The van der Waals surface area contributed by atoms with Crippen molar-refractivity contribution in [1.82, 2.24) is 9.88 Å². The van der Waals surface area contributed by atoms with Crippen LogP contribution in [0.4, 0.5) is 18.9 Å². The molecule has 2 heterocycles. The molecule has 1 saturated heterocycles. The van der Waals surface area contributed by atoms with E-state index in [1.807, 2.05) is 24.3 Å². The summed E-state index contributed by atoms with van der Waals surface area (Å²) >= 11 is 0. The minimum Gasteiger partial charge on any atom is -0.378 e. The average molecular weight is 379 g/mol. The van der Waals surface area contributed by atoms with Crippen LogP contribution in [-0.4, -0.2) is 49.1 Å². The van der Waals surface area contributed by atoms with Crippen LogP contribution in [0.3, 0.4) is 0 Å². The number of alkyl halides is 3. The van der Waals surface area contributed by atoms with Crippen LogP contribution >= 0.6 is 0 Å². The van der Waals surface area contributed by atoms with Crippen molar-refractivity contribution in [3.05, 3.63) is 59.4 Å². The molecule has 0 unspecified atom stereocenters. The smallest absolute Gasteiger partial charge is 0.378 e. The molecule has 1 aromatic carbocycles. The fraction of sp³-hybridized carbons (Fsp3) is 0.368. The molecule has 1 aliphatic heterocycles. The fourth-order valence-corrected chi connectivity index (χ4v) is 2.89. The van der Waals surface area contributed by atoms with Gasteiger partial charge in [-0.15, -0.1) is 0 Å². The van der Waals surface area contributed by atoms with Gasteiger partial charge in [-0.25, -0.2) is 0 Å². The van der Waals surface area contributed by atoms with Gasteiger partial charge in [0.05, 0.1) is 18.8 Å². The number of aromatic nitrogens is 1. The maximum absolute atomic E-state index is 12.6. The lowest BCUT2D eigenvalue weighted by molar-refractivity contribution is -0.141. The summed E-state index contributed by atoms with van der Waals surface area (Å²) in [5.41, 5.74) is 1.14. The van der Waals surface area contributed by atoms with E-state index in [0.717, 1.165) is 42.7 Å². The SMILES string of the molecule is CN(Cc1ccc(N2CCOCC2)cc1)C(=O)c1ccc(C(F)(F)F)nc1. The van der Waals surface area contributed by atoms with Crippen molar-refractivity contribution in [2.75, 3.05) is 38.3 Å². The van der Waals surface area contributed by atoms with Crippen LogP contribution in [0.15, 0.2) is 42.6 Å². The predicted octanol–water partition coefficient (Wildman–Crippen LogP) is 3.21. The lowest BCUT2D eigenvalue weighted by Gasteiger charge is -2.29. The minimum absolute atomic E-state index is 0.121. The van der Waals surface area contributed by atoms with Gasteiger partial charge >= 0.3 is 6.18 Å². The van der Waals surface area contributed by atoms with Crippen molar-refractivity contribution in [1.29, 1.82) is 0 Å². The summed E-state index contributed by atoms with van der Waals surface area (Å²) in [6.45, 7) is 3.46. The Hall–Kier alpha value is -2.61. The Morgan fingerprint density at radius 2 is 1.81 bits per heavy atom. The number of amides is 1. The van der Waals surface area contributed by atoms with E-state index in [2.05, 4.69) is 9.88 Å². The predicted molar refractivity (Wildman–Crippen MR) is 94.5 cm³/mol. The lowest BCUT2D eigenvalue weighted by Crippen LogP contribution is -2.36. The highest BCUT2D eigenvalue weighted by Crippen LogP contribution is 2.27. The molecule has 3 rings (SSSR count). The Balaban J connectivity index is 1.62. The normalized spacial score (nSPS) is 14.9. The Morgan fingerprint density at radius 3 is 2.37 bits per heavy atom. The zero-order valence-corrected chi connectivity index (χ0v) is 14.9. The molecule has 27 heavy (non-hydrogen) atoms. The molecule has 2 aromatic rings. The van der Waals surface area contributed by atoms with Gasteiger partial charge in [-0.2, -0.15) is 13.2 Å². The summed E-state index contributed by atoms with van der Waals surface area (Å²) in [7, 11) is 1.61. The number of morpholine rings is 1. The third-order valence-electron chi connectivity index (χ3n) is 4.38. The molecule has 1 aromatic heterocycles. The molecule has 1 amide bonds. The number of hydrogen-bond acceptors (Lipinski definition) is 4. The van der Waals surface area contributed by atoms with E-state index in [1.54, 1.807) is 7.05 Å². The third kappa shape index (κ3) is 4.77. The molecule has 8 heteroatoms. The zero-order valence-electron chi connectivity index (χ0n) is 14.9. The topological polar surface area (TPSA) is 45.7 Å². The highest BCUT2D eigenvalue weighted by molar-refractivity contribution is 5.93. The first kappa shape index (κ1) is 19.2. The number of anilines is 1. The molecule has 0 bridgehead atoms. The molecule has 0 aliphatic carbocycles. The van der Waals surface area contributed by atoms with Crippen LogP contribution in [0.5, 0.6) is 0 Å². The number of rotatable bonds is 4.